The zero-order chi connectivity index (χ0) is 13.1. The van der Waals surface area contributed by atoms with Crippen molar-refractivity contribution in [2.75, 3.05) is 13.3 Å². The van der Waals surface area contributed by atoms with Crippen LogP contribution in [0.5, 0.6) is 11.5 Å². The number of hydrogen-bond acceptors (Lipinski definition) is 6. The molecule has 1 aliphatic rings. The summed E-state index contributed by atoms with van der Waals surface area (Å²) in [6.07, 6.45) is 1.31. The minimum atomic E-state index is -0.459. The Bertz CT molecular complexity index is 464. The summed E-state index contributed by atoms with van der Waals surface area (Å²) >= 11 is 0. The quantitative estimate of drug-likeness (QED) is 0.599. The van der Waals surface area contributed by atoms with E-state index in [0.717, 1.165) is 0 Å². The first kappa shape index (κ1) is 12.6. The molecule has 1 atom stereocenters. The highest BCUT2D eigenvalue weighted by molar-refractivity contribution is 5.56. The van der Waals surface area contributed by atoms with Gasteiger partial charge in [0.1, 0.15) is 0 Å². The summed E-state index contributed by atoms with van der Waals surface area (Å²) in [7, 11) is 0. The van der Waals surface area contributed by atoms with E-state index < -0.39 is 11.0 Å². The maximum absolute atomic E-state index is 11.0. The molecule has 0 saturated heterocycles. The molecule has 1 aliphatic heterocycles. The molecule has 0 aromatic heterocycles. The molecule has 18 heavy (non-hydrogen) atoms. The zero-order valence-corrected chi connectivity index (χ0v) is 9.80. The van der Waals surface area contributed by atoms with Gasteiger partial charge in [0.2, 0.25) is 6.79 Å². The van der Waals surface area contributed by atoms with E-state index in [4.69, 9.17) is 20.9 Å². The van der Waals surface area contributed by atoms with E-state index in [1.165, 1.54) is 6.07 Å². The van der Waals surface area contributed by atoms with Crippen LogP contribution in [0.4, 0.5) is 5.69 Å². The molecular formula is C11H15N3O4. The van der Waals surface area contributed by atoms with Crippen LogP contribution >= 0.6 is 0 Å². The van der Waals surface area contributed by atoms with Crippen molar-refractivity contribution in [3.63, 3.8) is 0 Å². The Balaban J connectivity index is 2.35. The Kier molecular flexibility index (Phi) is 3.63. The molecule has 2 rings (SSSR count). The van der Waals surface area contributed by atoms with Crippen molar-refractivity contribution in [3.8, 4) is 11.5 Å². The fourth-order valence-corrected chi connectivity index (χ4v) is 1.90. The largest absolute Gasteiger partial charge is 0.454 e. The number of nitro benzene ring substituents is 1. The molecule has 0 amide bonds. The van der Waals surface area contributed by atoms with E-state index in [9.17, 15) is 10.1 Å². The average molecular weight is 253 g/mol. The van der Waals surface area contributed by atoms with E-state index in [1.807, 2.05) is 0 Å². The normalized spacial score (nSPS) is 14.6. The van der Waals surface area contributed by atoms with E-state index in [0.29, 0.717) is 36.4 Å². The molecule has 0 radical (unpaired) electrons. The van der Waals surface area contributed by atoms with Gasteiger partial charge in [-0.3, -0.25) is 10.1 Å². The lowest BCUT2D eigenvalue weighted by Gasteiger charge is -2.12. The van der Waals surface area contributed by atoms with Gasteiger partial charge < -0.3 is 20.9 Å². The topological polar surface area (TPSA) is 114 Å². The molecule has 1 aromatic carbocycles. The summed E-state index contributed by atoms with van der Waals surface area (Å²) in [6.45, 7) is 0.583. The Labute approximate surface area is 104 Å². The lowest BCUT2D eigenvalue weighted by atomic mass is 10.0. The second kappa shape index (κ2) is 5.19. The molecule has 0 saturated carbocycles. The molecule has 0 unspecified atom stereocenters. The van der Waals surface area contributed by atoms with Crippen LogP contribution < -0.4 is 20.9 Å². The summed E-state index contributed by atoms with van der Waals surface area (Å²) in [4.78, 5) is 10.6. The number of benzene rings is 1. The van der Waals surface area contributed by atoms with Gasteiger partial charge in [0.25, 0.3) is 5.69 Å². The van der Waals surface area contributed by atoms with Gasteiger partial charge in [-0.2, -0.15) is 0 Å². The van der Waals surface area contributed by atoms with Gasteiger partial charge in [-0.05, 0) is 25.5 Å². The standard InChI is InChI=1S/C11H15N3O4/c12-3-1-2-8(13)7-4-10-11(18-6-17-10)5-9(7)14(15)16/h4-5,8H,1-3,6,12-13H2/t8-/m1/s1. The Morgan fingerprint density at radius 1 is 1.39 bits per heavy atom. The SMILES string of the molecule is NCCC[C@@H](N)c1cc2c(cc1[N+](=O)[O-])OCO2. The van der Waals surface area contributed by atoms with Crippen molar-refractivity contribution < 1.29 is 14.4 Å². The van der Waals surface area contributed by atoms with Crippen molar-refractivity contribution >= 4 is 5.69 Å². The molecular weight excluding hydrogens is 238 g/mol. The maximum atomic E-state index is 11.0. The smallest absolute Gasteiger partial charge is 0.278 e. The average Bonchev–Trinajstić information content (AvgIpc) is 2.81. The maximum Gasteiger partial charge on any atom is 0.278 e. The molecule has 7 nitrogen and oxygen atoms in total. The van der Waals surface area contributed by atoms with Crippen molar-refractivity contribution in [2.45, 2.75) is 18.9 Å². The lowest BCUT2D eigenvalue weighted by Crippen LogP contribution is -2.14. The predicted octanol–water partition coefficient (Wildman–Crippen LogP) is 1.06. The summed E-state index contributed by atoms with van der Waals surface area (Å²) in [5.74, 6) is 0.885. The highest BCUT2D eigenvalue weighted by atomic mass is 16.7. The Hall–Kier alpha value is -1.86. The van der Waals surface area contributed by atoms with Gasteiger partial charge >= 0.3 is 0 Å². The Morgan fingerprint density at radius 2 is 2.06 bits per heavy atom. The summed E-state index contributed by atoms with van der Waals surface area (Å²) in [6, 6.07) is 2.52. The van der Waals surface area contributed by atoms with Gasteiger partial charge in [-0.1, -0.05) is 0 Å². The third-order valence-corrected chi connectivity index (χ3v) is 2.84. The number of nitrogens with two attached hydrogens (primary N) is 2. The highest BCUT2D eigenvalue weighted by Gasteiger charge is 2.26. The van der Waals surface area contributed by atoms with Crippen molar-refractivity contribution in [1.29, 1.82) is 0 Å². The van der Waals surface area contributed by atoms with Crippen LogP contribution in [0, 0.1) is 10.1 Å². The number of hydrogen-bond donors (Lipinski definition) is 2. The number of nitro groups is 1. The molecule has 0 aliphatic carbocycles. The van der Waals surface area contributed by atoms with Crippen LogP contribution in [0.2, 0.25) is 0 Å². The minimum Gasteiger partial charge on any atom is -0.454 e. The van der Waals surface area contributed by atoms with Gasteiger partial charge in [0, 0.05) is 6.04 Å². The number of ether oxygens (including phenoxy) is 2. The van der Waals surface area contributed by atoms with Gasteiger partial charge in [0.15, 0.2) is 11.5 Å². The number of rotatable bonds is 5. The van der Waals surface area contributed by atoms with E-state index in [2.05, 4.69) is 0 Å². The first-order valence-electron chi connectivity index (χ1n) is 5.67. The predicted molar refractivity (Wildman–Crippen MR) is 64.4 cm³/mol. The molecule has 0 fully saturated rings. The van der Waals surface area contributed by atoms with E-state index in [1.54, 1.807) is 6.07 Å². The summed E-state index contributed by atoms with van der Waals surface area (Å²) in [5, 5.41) is 11.0. The molecule has 1 heterocycles. The Morgan fingerprint density at radius 3 is 2.67 bits per heavy atom. The lowest BCUT2D eigenvalue weighted by molar-refractivity contribution is -0.385. The van der Waals surface area contributed by atoms with E-state index in [-0.39, 0.29) is 12.5 Å². The second-order valence-electron chi connectivity index (χ2n) is 4.06. The third-order valence-electron chi connectivity index (χ3n) is 2.84. The summed E-state index contributed by atoms with van der Waals surface area (Å²) < 4.78 is 10.3. The van der Waals surface area contributed by atoms with Crippen LogP contribution in [-0.2, 0) is 0 Å². The summed E-state index contributed by atoms with van der Waals surface area (Å²) in [5.41, 5.74) is 11.8. The van der Waals surface area contributed by atoms with E-state index >= 15 is 0 Å². The van der Waals surface area contributed by atoms with Crippen LogP contribution in [-0.4, -0.2) is 18.3 Å². The number of fused-ring (bicyclic) bond motifs is 1. The second-order valence-corrected chi connectivity index (χ2v) is 4.06. The highest BCUT2D eigenvalue weighted by Crippen LogP contribution is 2.40. The monoisotopic (exact) mass is 253 g/mol. The first-order chi connectivity index (χ1) is 8.63. The number of nitrogens with zero attached hydrogens (tertiary/aromatic N) is 1. The van der Waals surface area contributed by atoms with Crippen LogP contribution in [0.15, 0.2) is 12.1 Å². The van der Waals surface area contributed by atoms with Gasteiger partial charge in [0.05, 0.1) is 16.6 Å². The minimum absolute atomic E-state index is 0.0382. The van der Waals surface area contributed by atoms with Crippen LogP contribution in [0.25, 0.3) is 0 Å². The van der Waals surface area contributed by atoms with Gasteiger partial charge in [-0.15, -0.1) is 0 Å². The molecule has 4 N–H and O–H groups in total. The van der Waals surface area contributed by atoms with Crippen molar-refractivity contribution in [1.82, 2.24) is 0 Å². The first-order valence-corrected chi connectivity index (χ1v) is 5.67. The molecule has 0 spiro atoms. The zero-order valence-electron chi connectivity index (χ0n) is 9.80. The van der Waals surface area contributed by atoms with Crippen molar-refractivity contribution in [2.24, 2.45) is 11.5 Å². The molecule has 0 bridgehead atoms. The van der Waals surface area contributed by atoms with Gasteiger partial charge in [-0.25, -0.2) is 0 Å². The molecule has 98 valence electrons. The van der Waals surface area contributed by atoms with Crippen LogP contribution in [0.3, 0.4) is 0 Å². The van der Waals surface area contributed by atoms with Crippen LogP contribution in [0.1, 0.15) is 24.4 Å². The molecule has 7 heteroatoms. The fraction of sp³-hybridized carbons (Fsp3) is 0.455. The van der Waals surface area contributed by atoms with Crippen molar-refractivity contribution in [3.05, 3.63) is 27.8 Å². The third kappa shape index (κ3) is 2.36. The fourth-order valence-electron chi connectivity index (χ4n) is 1.90. The molecule has 1 aromatic rings.